The van der Waals surface area contributed by atoms with E-state index in [9.17, 15) is 4.79 Å². The molecule has 0 aliphatic heterocycles. The van der Waals surface area contributed by atoms with E-state index in [1.807, 2.05) is 30.2 Å². The van der Waals surface area contributed by atoms with E-state index in [0.717, 1.165) is 46.9 Å². The third-order valence-electron chi connectivity index (χ3n) is 6.39. The van der Waals surface area contributed by atoms with Crippen molar-refractivity contribution in [2.24, 2.45) is 0 Å². The minimum atomic E-state index is -0.0235. The molecule has 0 bridgehead atoms. The van der Waals surface area contributed by atoms with Crippen LogP contribution in [-0.2, 0) is 41.6 Å². The zero-order chi connectivity index (χ0) is 29.1. The van der Waals surface area contributed by atoms with Gasteiger partial charge in [-0.25, -0.2) is 4.98 Å². The standard InChI is InChI=1S/C29H44N6O6/c1-2-37-22-23-21-25-28(24-7-3-4-8-26(24)34-29(25)30)35(23)12-6-5-10-32-27(36)9-13-38-15-17-40-19-20-41-18-16-39-14-11-33-31/h3-4,7-8,21,33H,2,5-6,9-20,22H2,1H3,(H2,30,34)(H,32,36). The van der Waals surface area contributed by atoms with Crippen molar-refractivity contribution in [2.45, 2.75) is 39.3 Å². The fourth-order valence-corrected chi connectivity index (χ4v) is 4.39. The first kappa shape index (κ1) is 32.4. The molecule has 0 spiro atoms. The number of nitrogens with one attached hydrogen (secondary N) is 2. The Kier molecular flexibility index (Phi) is 15.0. The number of pyridine rings is 1. The fourth-order valence-electron chi connectivity index (χ4n) is 4.39. The van der Waals surface area contributed by atoms with Crippen LogP contribution < -0.4 is 16.2 Å². The van der Waals surface area contributed by atoms with Gasteiger partial charge >= 0.3 is 0 Å². The minimum absolute atomic E-state index is 0.0235. The molecule has 12 heteroatoms. The Morgan fingerprint density at radius 1 is 0.951 bits per heavy atom. The lowest BCUT2D eigenvalue weighted by atomic mass is 10.1. The Balaban J connectivity index is 1.29. The molecule has 0 unspecified atom stereocenters. The van der Waals surface area contributed by atoms with Gasteiger partial charge in [-0.15, -0.1) is 0 Å². The summed E-state index contributed by atoms with van der Waals surface area (Å²) in [5, 5.41) is 7.01. The number of para-hydroxylation sites is 1. The van der Waals surface area contributed by atoms with E-state index in [1.54, 1.807) is 0 Å². The summed E-state index contributed by atoms with van der Waals surface area (Å²) in [5.74, 6) is 0.501. The average molecular weight is 573 g/mol. The van der Waals surface area contributed by atoms with Crippen LogP contribution in [0.5, 0.6) is 0 Å². The predicted octanol–water partition coefficient (Wildman–Crippen LogP) is 1.76. The quantitative estimate of drug-likeness (QED) is 0.115. The molecule has 12 nitrogen and oxygen atoms in total. The third-order valence-corrected chi connectivity index (χ3v) is 6.39. The number of aromatic nitrogens is 2. The van der Waals surface area contributed by atoms with Crippen LogP contribution in [0.1, 0.15) is 31.9 Å². The smallest absolute Gasteiger partial charge is 0.222 e. The van der Waals surface area contributed by atoms with Crippen molar-refractivity contribution >= 4 is 33.5 Å². The van der Waals surface area contributed by atoms with Crippen LogP contribution in [0.2, 0.25) is 0 Å². The number of ether oxygens (including phenoxy) is 5. The third kappa shape index (κ3) is 11.0. The van der Waals surface area contributed by atoms with Crippen molar-refractivity contribution in [3.8, 4) is 0 Å². The molecule has 0 radical (unpaired) electrons. The van der Waals surface area contributed by atoms with E-state index < -0.39 is 0 Å². The molecule has 2 aromatic heterocycles. The van der Waals surface area contributed by atoms with Crippen LogP contribution in [0.3, 0.4) is 0 Å². The molecule has 226 valence electrons. The molecule has 0 fully saturated rings. The van der Waals surface area contributed by atoms with Crippen LogP contribution in [0.4, 0.5) is 5.82 Å². The summed E-state index contributed by atoms with van der Waals surface area (Å²) < 4.78 is 29.5. The summed E-state index contributed by atoms with van der Waals surface area (Å²) in [6, 6.07) is 10.1. The van der Waals surface area contributed by atoms with Gasteiger partial charge in [-0.3, -0.25) is 4.79 Å². The van der Waals surface area contributed by atoms with E-state index in [0.29, 0.717) is 91.4 Å². The van der Waals surface area contributed by atoms with Crippen molar-refractivity contribution in [1.82, 2.24) is 14.9 Å². The number of nitrogens with two attached hydrogens (primary N) is 1. The molecule has 0 saturated heterocycles. The highest BCUT2D eigenvalue weighted by Gasteiger charge is 2.15. The van der Waals surface area contributed by atoms with Gasteiger partial charge in [0.1, 0.15) is 12.4 Å². The summed E-state index contributed by atoms with van der Waals surface area (Å²) in [7, 11) is 0. The summed E-state index contributed by atoms with van der Waals surface area (Å²) in [4.78, 5) is 16.8. The number of rotatable bonds is 23. The highest BCUT2D eigenvalue weighted by atomic mass is 16.6. The maximum Gasteiger partial charge on any atom is 0.222 e. The summed E-state index contributed by atoms with van der Waals surface area (Å²) >= 11 is 0. The maximum absolute atomic E-state index is 12.2. The number of nitrogen functional groups attached to an aromatic ring is 1. The van der Waals surface area contributed by atoms with Crippen LogP contribution in [0.25, 0.3) is 27.3 Å². The number of nitrogens with zero attached hydrogens (tertiary/aromatic N) is 3. The molecule has 3 rings (SSSR count). The van der Waals surface area contributed by atoms with Gasteiger partial charge in [-0.2, -0.15) is 0 Å². The molecule has 41 heavy (non-hydrogen) atoms. The number of carbonyl (C=O) groups excluding carboxylic acids is 1. The molecule has 4 N–H and O–H groups in total. The Labute approximate surface area is 241 Å². The predicted molar refractivity (Wildman–Crippen MR) is 156 cm³/mol. The number of benzene rings is 1. The lowest BCUT2D eigenvalue weighted by Gasteiger charge is -2.13. The van der Waals surface area contributed by atoms with Crippen molar-refractivity contribution < 1.29 is 33.6 Å². The van der Waals surface area contributed by atoms with Gasteiger partial charge in [0.25, 0.3) is 0 Å². The minimum Gasteiger partial charge on any atom is -0.508 e. The fraction of sp³-hybridized carbons (Fsp3) is 0.586. The van der Waals surface area contributed by atoms with Crippen molar-refractivity contribution in [1.29, 1.82) is 0 Å². The number of anilines is 1. The SMILES string of the molecule is CCOCc1cc2c(N)nc3ccccc3c2n1CCCCNC(=O)CCOCCOCCOCCOCC[NH+]=[N-]. The highest BCUT2D eigenvalue weighted by molar-refractivity contribution is 6.08. The highest BCUT2D eigenvalue weighted by Crippen LogP contribution is 2.31. The molecule has 1 aromatic carbocycles. The van der Waals surface area contributed by atoms with E-state index in [1.165, 1.54) is 0 Å². The molecule has 1 amide bonds. The summed E-state index contributed by atoms with van der Waals surface area (Å²) in [6.45, 7) is 8.45. The lowest BCUT2D eigenvalue weighted by molar-refractivity contribution is -0.484. The number of amides is 1. The van der Waals surface area contributed by atoms with E-state index >= 15 is 0 Å². The monoisotopic (exact) mass is 572 g/mol. The molecule has 0 saturated carbocycles. The Bertz CT molecular complexity index is 1200. The largest absolute Gasteiger partial charge is 0.508 e. The Morgan fingerprint density at radius 3 is 2.34 bits per heavy atom. The molecule has 0 aliphatic rings. The molecule has 0 aliphatic carbocycles. The molecule has 3 aromatic rings. The Morgan fingerprint density at radius 2 is 1.63 bits per heavy atom. The number of carbonyl (C=O) groups is 1. The van der Waals surface area contributed by atoms with Gasteiger partial charge in [0.15, 0.2) is 6.54 Å². The maximum atomic E-state index is 12.2. The second kappa shape index (κ2) is 19.1. The van der Waals surface area contributed by atoms with Gasteiger partial charge in [-0.05, 0) is 31.9 Å². The van der Waals surface area contributed by atoms with Gasteiger partial charge < -0.3 is 49.9 Å². The normalized spacial score (nSPS) is 11.4. The zero-order valence-corrected chi connectivity index (χ0v) is 24.1. The second-order valence-corrected chi connectivity index (χ2v) is 9.37. The molecular weight excluding hydrogens is 528 g/mol. The van der Waals surface area contributed by atoms with Crippen LogP contribution in [-0.4, -0.2) is 88.0 Å². The molecule has 0 atom stereocenters. The van der Waals surface area contributed by atoms with E-state index in [-0.39, 0.29) is 5.91 Å². The zero-order valence-electron chi connectivity index (χ0n) is 24.1. The number of aryl methyl sites for hydroxylation is 1. The van der Waals surface area contributed by atoms with E-state index in [2.05, 4.69) is 27.0 Å². The molecule has 2 heterocycles. The van der Waals surface area contributed by atoms with Crippen molar-refractivity contribution in [2.75, 3.05) is 78.3 Å². The number of hydrogen-bond acceptors (Lipinski definition) is 8. The van der Waals surface area contributed by atoms with Crippen molar-refractivity contribution in [3.05, 3.63) is 41.6 Å². The lowest BCUT2D eigenvalue weighted by Crippen LogP contribution is -2.64. The van der Waals surface area contributed by atoms with Gasteiger partial charge in [0.2, 0.25) is 5.91 Å². The second-order valence-electron chi connectivity index (χ2n) is 9.37. The van der Waals surface area contributed by atoms with Crippen LogP contribution in [0.15, 0.2) is 30.3 Å². The van der Waals surface area contributed by atoms with Gasteiger partial charge in [0, 0.05) is 42.6 Å². The molecular formula is C29H44N6O6. The van der Waals surface area contributed by atoms with Crippen LogP contribution >= 0.6 is 0 Å². The summed E-state index contributed by atoms with van der Waals surface area (Å²) in [5.41, 5.74) is 17.8. The first-order valence-electron chi connectivity index (χ1n) is 14.3. The first-order chi connectivity index (χ1) is 20.2. The Hall–Kier alpha value is -3.16. The number of fused-ring (bicyclic) bond motifs is 3. The van der Waals surface area contributed by atoms with Gasteiger partial charge in [-0.1, -0.05) is 18.2 Å². The summed E-state index contributed by atoms with van der Waals surface area (Å²) in [6.07, 6.45) is 2.06. The number of unbranched alkanes of at least 4 members (excludes halogenated alkanes) is 1. The van der Waals surface area contributed by atoms with Crippen molar-refractivity contribution in [3.63, 3.8) is 0 Å². The van der Waals surface area contributed by atoms with E-state index in [4.69, 9.17) is 34.9 Å². The number of hydrogen-bond donors (Lipinski definition) is 3. The topological polar surface area (TPSA) is 155 Å². The average Bonchev–Trinajstić information content (AvgIpc) is 3.35. The van der Waals surface area contributed by atoms with Crippen LogP contribution in [0, 0.1) is 0 Å². The van der Waals surface area contributed by atoms with Gasteiger partial charge in [0.05, 0.1) is 63.9 Å². The first-order valence-corrected chi connectivity index (χ1v) is 14.3.